The van der Waals surface area contributed by atoms with Gasteiger partial charge in [-0.2, -0.15) is 0 Å². The molecule has 0 atom stereocenters. The van der Waals surface area contributed by atoms with Crippen molar-refractivity contribution in [2.45, 2.75) is 13.3 Å². The van der Waals surface area contributed by atoms with Gasteiger partial charge in [0, 0.05) is 11.6 Å². The number of aromatic nitrogens is 1. The lowest BCUT2D eigenvalue weighted by Gasteiger charge is -2.21. The van der Waals surface area contributed by atoms with Crippen LogP contribution in [0.25, 0.3) is 10.2 Å². The minimum Gasteiger partial charge on any atom is -1.00 e. The van der Waals surface area contributed by atoms with Crippen molar-refractivity contribution in [3.63, 3.8) is 0 Å². The second kappa shape index (κ2) is 10.8. The molecule has 0 radical (unpaired) electrons. The van der Waals surface area contributed by atoms with Gasteiger partial charge >= 0.3 is 0 Å². The average molecular weight is 453 g/mol. The van der Waals surface area contributed by atoms with E-state index in [1.54, 1.807) is 29.2 Å². The van der Waals surface area contributed by atoms with E-state index in [4.69, 9.17) is 21.3 Å². The summed E-state index contributed by atoms with van der Waals surface area (Å²) in [4.78, 5) is 21.5. The number of amides is 1. The van der Waals surface area contributed by atoms with Crippen LogP contribution < -0.4 is 22.0 Å². The molecule has 156 valence electrons. The van der Waals surface area contributed by atoms with E-state index in [0.29, 0.717) is 22.4 Å². The summed E-state index contributed by atoms with van der Waals surface area (Å²) >= 11 is 7.44. The number of nitrogens with zero attached hydrogens (tertiary/aromatic N) is 3. The highest BCUT2D eigenvalue weighted by atomic mass is 35.5. The summed E-state index contributed by atoms with van der Waals surface area (Å²) < 4.78 is 6.75. The number of anilines is 1. The highest BCUT2D eigenvalue weighted by Crippen LogP contribution is 2.31. The number of halogens is 2. The van der Waals surface area contributed by atoms with Crippen LogP contribution in [0.5, 0.6) is 5.75 Å². The molecule has 0 saturated carbocycles. The molecule has 0 fully saturated rings. The number of aryl methyl sites for hydroxylation is 1. The van der Waals surface area contributed by atoms with Crippen molar-refractivity contribution in [2.24, 2.45) is 0 Å². The van der Waals surface area contributed by atoms with Crippen molar-refractivity contribution in [3.05, 3.63) is 53.1 Å². The van der Waals surface area contributed by atoms with Gasteiger partial charge in [-0.1, -0.05) is 35.1 Å². The summed E-state index contributed by atoms with van der Waals surface area (Å²) in [5.41, 5.74) is 2.06. The van der Waals surface area contributed by atoms with Gasteiger partial charge in [0.2, 0.25) is 0 Å². The lowest BCUT2D eigenvalue weighted by molar-refractivity contribution is -0.120. The van der Waals surface area contributed by atoms with Crippen LogP contribution in [0, 0.1) is 6.92 Å². The number of para-hydroxylation sites is 1. The molecule has 1 amide bonds. The number of hydrogen-bond acceptors (Lipinski definition) is 5. The van der Waals surface area contributed by atoms with Gasteiger partial charge in [-0.3, -0.25) is 9.69 Å². The van der Waals surface area contributed by atoms with Crippen LogP contribution in [-0.2, 0) is 4.79 Å². The van der Waals surface area contributed by atoms with Crippen molar-refractivity contribution in [2.75, 3.05) is 38.7 Å². The normalized spacial score (nSPS) is 10.8. The highest BCUT2D eigenvalue weighted by Gasteiger charge is 2.20. The van der Waals surface area contributed by atoms with Crippen molar-refractivity contribution < 1.29 is 21.9 Å². The van der Waals surface area contributed by atoms with E-state index in [1.165, 1.54) is 11.3 Å². The molecule has 8 heteroatoms. The van der Waals surface area contributed by atoms with E-state index in [1.807, 2.05) is 39.2 Å². The fourth-order valence-electron chi connectivity index (χ4n) is 2.82. The van der Waals surface area contributed by atoms with E-state index in [2.05, 4.69) is 4.90 Å². The summed E-state index contributed by atoms with van der Waals surface area (Å²) in [7, 11) is 4.05. The zero-order chi connectivity index (χ0) is 20.1. The van der Waals surface area contributed by atoms with Gasteiger partial charge < -0.3 is 22.0 Å². The van der Waals surface area contributed by atoms with Gasteiger partial charge in [0.15, 0.2) is 11.7 Å². The third kappa shape index (κ3) is 6.31. The van der Waals surface area contributed by atoms with Crippen molar-refractivity contribution in [1.29, 1.82) is 0 Å². The van der Waals surface area contributed by atoms with Crippen LogP contribution in [0.1, 0.15) is 12.0 Å². The van der Waals surface area contributed by atoms with Crippen LogP contribution in [0.2, 0.25) is 5.02 Å². The number of benzene rings is 2. The van der Waals surface area contributed by atoms with Gasteiger partial charge in [-0.15, -0.1) is 0 Å². The molecule has 0 bridgehead atoms. The predicted molar refractivity (Wildman–Crippen MR) is 117 cm³/mol. The third-order valence-electron chi connectivity index (χ3n) is 4.30. The Morgan fingerprint density at radius 2 is 1.86 bits per heavy atom. The number of carbonyl (C=O) groups excluding carboxylic acids is 1. The fourth-order valence-corrected chi connectivity index (χ4v) is 4.03. The van der Waals surface area contributed by atoms with Gasteiger partial charge in [-0.05, 0) is 69.9 Å². The molecule has 0 N–H and O–H groups in total. The van der Waals surface area contributed by atoms with Crippen LogP contribution in [0.15, 0.2) is 42.5 Å². The van der Waals surface area contributed by atoms with Gasteiger partial charge in [0.05, 0.1) is 10.2 Å². The molecule has 0 unspecified atom stereocenters. The van der Waals surface area contributed by atoms with Gasteiger partial charge in [0.25, 0.3) is 5.91 Å². The van der Waals surface area contributed by atoms with Crippen LogP contribution in [0.3, 0.4) is 0 Å². The Bertz CT molecular complexity index is 945. The molecule has 3 rings (SSSR count). The highest BCUT2D eigenvalue weighted by molar-refractivity contribution is 7.22. The van der Waals surface area contributed by atoms with Crippen molar-refractivity contribution in [1.82, 2.24) is 9.88 Å². The zero-order valence-electron chi connectivity index (χ0n) is 16.7. The molecule has 0 spiro atoms. The van der Waals surface area contributed by atoms with Crippen LogP contribution >= 0.6 is 22.9 Å². The number of ether oxygens (including phenoxy) is 1. The first kappa shape index (κ1) is 23.4. The number of thiazole rings is 1. The first-order valence-corrected chi connectivity index (χ1v) is 10.3. The Balaban J connectivity index is 0.00000300. The number of hydrogen-bond donors (Lipinski definition) is 0. The third-order valence-corrected chi connectivity index (χ3v) is 5.60. The van der Waals surface area contributed by atoms with E-state index < -0.39 is 0 Å². The van der Waals surface area contributed by atoms with Crippen LogP contribution in [0.4, 0.5) is 5.13 Å². The van der Waals surface area contributed by atoms with Crippen LogP contribution in [-0.4, -0.2) is 49.6 Å². The maximum Gasteiger partial charge on any atom is 0.266 e. The molecular weight excluding hydrogens is 429 g/mol. The summed E-state index contributed by atoms with van der Waals surface area (Å²) in [6, 6.07) is 13.1. The average Bonchev–Trinajstić information content (AvgIpc) is 3.09. The Labute approximate surface area is 186 Å². The molecule has 2 aromatic carbocycles. The fraction of sp³-hybridized carbons (Fsp3) is 0.333. The van der Waals surface area contributed by atoms with Gasteiger partial charge in [-0.25, -0.2) is 4.98 Å². The molecule has 3 aromatic rings. The van der Waals surface area contributed by atoms with E-state index in [9.17, 15) is 4.79 Å². The van der Waals surface area contributed by atoms with Crippen molar-refractivity contribution >= 4 is 44.2 Å². The van der Waals surface area contributed by atoms with Crippen molar-refractivity contribution in [3.8, 4) is 5.75 Å². The largest absolute Gasteiger partial charge is 1.00 e. The summed E-state index contributed by atoms with van der Waals surface area (Å²) in [6.45, 7) is 3.48. The quantitative estimate of drug-likeness (QED) is 0.520. The summed E-state index contributed by atoms with van der Waals surface area (Å²) in [5.74, 6) is 0.511. The van der Waals surface area contributed by atoms with E-state index >= 15 is 0 Å². The molecular formula is C21H24Cl2N3O2S-. The number of fused-ring (bicyclic) bond motifs is 1. The lowest BCUT2D eigenvalue weighted by Crippen LogP contribution is -3.00. The molecule has 1 heterocycles. The number of rotatable bonds is 8. The Morgan fingerprint density at radius 1 is 1.14 bits per heavy atom. The SMILES string of the molecule is Cc1cccc2sc(N(CCCN(C)C)C(=O)COc3ccc(Cl)cc3)nc12.[Cl-]. The molecule has 0 aliphatic heterocycles. The van der Waals surface area contributed by atoms with E-state index in [0.717, 1.165) is 28.7 Å². The first-order valence-electron chi connectivity index (χ1n) is 9.13. The molecule has 0 aliphatic rings. The molecule has 0 saturated heterocycles. The summed E-state index contributed by atoms with van der Waals surface area (Å²) in [5, 5.41) is 1.35. The zero-order valence-corrected chi connectivity index (χ0v) is 19.0. The Kier molecular flexibility index (Phi) is 8.71. The monoisotopic (exact) mass is 452 g/mol. The Hall–Kier alpha value is -1.86. The summed E-state index contributed by atoms with van der Waals surface area (Å²) in [6.07, 6.45) is 0.856. The Morgan fingerprint density at radius 3 is 2.52 bits per heavy atom. The number of carbonyl (C=O) groups is 1. The predicted octanol–water partition coefficient (Wildman–Crippen LogP) is 1.63. The molecule has 5 nitrogen and oxygen atoms in total. The standard InChI is InChI=1S/C21H24ClN3O2S.ClH/c1-15-6-4-7-18-20(15)23-21(28-18)25(13-5-12-24(2)3)19(26)14-27-17-10-8-16(22)9-11-17;/h4,6-11H,5,12-14H2,1-3H3;1H/p-1. The lowest BCUT2D eigenvalue weighted by atomic mass is 10.2. The maximum atomic E-state index is 12.9. The smallest absolute Gasteiger partial charge is 0.266 e. The molecule has 1 aromatic heterocycles. The first-order chi connectivity index (χ1) is 13.4. The molecule has 0 aliphatic carbocycles. The molecule has 29 heavy (non-hydrogen) atoms. The maximum absolute atomic E-state index is 12.9. The van der Waals surface area contributed by atoms with E-state index in [-0.39, 0.29) is 24.9 Å². The topological polar surface area (TPSA) is 45.7 Å². The second-order valence-corrected chi connectivity index (χ2v) is 8.31. The van der Waals surface area contributed by atoms with Gasteiger partial charge in [0.1, 0.15) is 5.75 Å². The minimum atomic E-state index is -0.106. The second-order valence-electron chi connectivity index (χ2n) is 6.86. The minimum absolute atomic E-state index is 0.